The van der Waals surface area contributed by atoms with Crippen LogP contribution >= 0.6 is 0 Å². The summed E-state index contributed by atoms with van der Waals surface area (Å²) in [5.74, 6) is -1.11. The molecule has 0 saturated carbocycles. The van der Waals surface area contributed by atoms with Gasteiger partial charge in [0.1, 0.15) is 6.04 Å². The molecule has 3 aliphatic heterocycles. The standard InChI is InChI=1S/C18H20N4O3/c1-11-2-5-15(16(23)20-11)22-17(24)13-4-3-12(10-14(13)18(22)25)21-8-6-19-7-9-21/h3-4,10,15,19H,1-2,5-9H2,(H,20,23). The van der Waals surface area contributed by atoms with Crippen molar-refractivity contribution in [1.82, 2.24) is 15.5 Å². The molecule has 0 aliphatic carbocycles. The van der Waals surface area contributed by atoms with E-state index in [1.807, 2.05) is 6.07 Å². The first-order valence-corrected chi connectivity index (χ1v) is 8.52. The second-order valence-electron chi connectivity index (χ2n) is 6.59. The van der Waals surface area contributed by atoms with Crippen molar-refractivity contribution in [3.05, 3.63) is 41.6 Å². The van der Waals surface area contributed by atoms with Crippen LogP contribution in [0.1, 0.15) is 33.6 Å². The fourth-order valence-electron chi connectivity index (χ4n) is 3.66. The number of hydrogen-bond donors (Lipinski definition) is 2. The normalized spacial score (nSPS) is 23.8. The number of fused-ring (bicyclic) bond motifs is 1. The maximum absolute atomic E-state index is 12.8. The minimum Gasteiger partial charge on any atom is -0.369 e. The number of nitrogens with zero attached hydrogens (tertiary/aromatic N) is 2. The maximum Gasteiger partial charge on any atom is 0.262 e. The molecular formula is C18H20N4O3. The summed E-state index contributed by atoms with van der Waals surface area (Å²) in [6, 6.07) is 4.59. The van der Waals surface area contributed by atoms with Gasteiger partial charge in [-0.05, 0) is 31.0 Å². The fraction of sp³-hybridized carbons (Fsp3) is 0.389. The number of hydrogen-bond acceptors (Lipinski definition) is 5. The molecule has 3 amide bonds. The topological polar surface area (TPSA) is 81.8 Å². The third-order valence-corrected chi connectivity index (χ3v) is 5.02. The highest BCUT2D eigenvalue weighted by Gasteiger charge is 2.44. The lowest BCUT2D eigenvalue weighted by atomic mass is 10.0. The Morgan fingerprint density at radius 1 is 1.04 bits per heavy atom. The van der Waals surface area contributed by atoms with E-state index in [-0.39, 0.29) is 17.7 Å². The molecule has 7 heteroatoms. The molecule has 25 heavy (non-hydrogen) atoms. The van der Waals surface area contributed by atoms with Crippen molar-refractivity contribution in [2.24, 2.45) is 0 Å². The monoisotopic (exact) mass is 340 g/mol. The van der Waals surface area contributed by atoms with Gasteiger partial charge in [0.15, 0.2) is 0 Å². The summed E-state index contributed by atoms with van der Waals surface area (Å²) in [6.07, 6.45) is 0.983. The van der Waals surface area contributed by atoms with Crippen molar-refractivity contribution in [3.8, 4) is 0 Å². The molecule has 1 unspecified atom stereocenters. The van der Waals surface area contributed by atoms with E-state index in [4.69, 9.17) is 0 Å². The molecule has 7 nitrogen and oxygen atoms in total. The molecule has 2 saturated heterocycles. The lowest BCUT2D eigenvalue weighted by Gasteiger charge is -2.30. The Bertz CT molecular complexity index is 783. The third kappa shape index (κ3) is 2.60. The molecule has 4 rings (SSSR count). The van der Waals surface area contributed by atoms with Crippen LogP contribution in [0, 0.1) is 0 Å². The van der Waals surface area contributed by atoms with Gasteiger partial charge in [-0.2, -0.15) is 0 Å². The predicted octanol–water partition coefficient (Wildman–Crippen LogP) is 0.485. The van der Waals surface area contributed by atoms with Gasteiger partial charge in [0.05, 0.1) is 11.1 Å². The number of piperazine rings is 1. The fourth-order valence-corrected chi connectivity index (χ4v) is 3.66. The van der Waals surface area contributed by atoms with E-state index in [1.54, 1.807) is 12.1 Å². The van der Waals surface area contributed by atoms with Crippen molar-refractivity contribution >= 4 is 23.4 Å². The molecule has 0 aromatic heterocycles. The van der Waals surface area contributed by atoms with Crippen molar-refractivity contribution < 1.29 is 14.4 Å². The quantitative estimate of drug-likeness (QED) is 0.766. The van der Waals surface area contributed by atoms with Gasteiger partial charge in [-0.25, -0.2) is 0 Å². The lowest BCUT2D eigenvalue weighted by molar-refractivity contribution is -0.125. The Kier molecular flexibility index (Phi) is 3.80. The largest absolute Gasteiger partial charge is 0.369 e. The van der Waals surface area contributed by atoms with Gasteiger partial charge in [-0.3, -0.25) is 19.3 Å². The van der Waals surface area contributed by atoms with E-state index in [1.165, 1.54) is 0 Å². The van der Waals surface area contributed by atoms with Gasteiger partial charge in [-0.15, -0.1) is 0 Å². The first kappa shape index (κ1) is 15.8. The lowest BCUT2D eigenvalue weighted by Crippen LogP contribution is -2.51. The number of allylic oxidation sites excluding steroid dienone is 1. The van der Waals surface area contributed by atoms with Crippen molar-refractivity contribution in [3.63, 3.8) is 0 Å². The van der Waals surface area contributed by atoms with Crippen LogP contribution in [-0.4, -0.2) is 54.8 Å². The van der Waals surface area contributed by atoms with Gasteiger partial charge in [0.25, 0.3) is 11.8 Å². The Hall–Kier alpha value is -2.67. The first-order valence-electron chi connectivity index (χ1n) is 8.52. The second kappa shape index (κ2) is 6.00. The highest BCUT2D eigenvalue weighted by atomic mass is 16.2. The molecule has 130 valence electrons. The van der Waals surface area contributed by atoms with Gasteiger partial charge >= 0.3 is 0 Å². The highest BCUT2D eigenvalue weighted by Crippen LogP contribution is 2.31. The van der Waals surface area contributed by atoms with E-state index in [2.05, 4.69) is 22.1 Å². The molecule has 3 aliphatic rings. The average Bonchev–Trinajstić information content (AvgIpc) is 2.87. The van der Waals surface area contributed by atoms with Crippen molar-refractivity contribution in [1.29, 1.82) is 0 Å². The highest BCUT2D eigenvalue weighted by molar-refractivity contribution is 6.23. The Balaban J connectivity index is 1.63. The molecule has 2 fully saturated rings. The van der Waals surface area contributed by atoms with Crippen LogP contribution in [0.3, 0.4) is 0 Å². The number of carbonyl (C=O) groups is 3. The number of carbonyl (C=O) groups excluding carboxylic acids is 3. The number of rotatable bonds is 2. The van der Waals surface area contributed by atoms with Crippen LogP contribution in [0.25, 0.3) is 0 Å². The van der Waals surface area contributed by atoms with E-state index < -0.39 is 6.04 Å². The predicted molar refractivity (Wildman–Crippen MR) is 92.3 cm³/mol. The molecule has 2 N–H and O–H groups in total. The van der Waals surface area contributed by atoms with Gasteiger partial charge in [0, 0.05) is 37.6 Å². The molecule has 0 bridgehead atoms. The van der Waals surface area contributed by atoms with Crippen LogP contribution in [0.4, 0.5) is 5.69 Å². The summed E-state index contributed by atoms with van der Waals surface area (Å²) in [7, 11) is 0. The second-order valence-corrected chi connectivity index (χ2v) is 6.59. The van der Waals surface area contributed by atoms with Crippen LogP contribution < -0.4 is 15.5 Å². The van der Waals surface area contributed by atoms with E-state index in [0.717, 1.165) is 36.8 Å². The van der Waals surface area contributed by atoms with E-state index >= 15 is 0 Å². The molecule has 1 aromatic carbocycles. The van der Waals surface area contributed by atoms with Crippen LogP contribution in [0.5, 0.6) is 0 Å². The minimum atomic E-state index is -0.763. The third-order valence-electron chi connectivity index (χ3n) is 5.02. The van der Waals surface area contributed by atoms with Gasteiger partial charge in [0.2, 0.25) is 5.91 Å². The van der Waals surface area contributed by atoms with Crippen LogP contribution in [0.2, 0.25) is 0 Å². The maximum atomic E-state index is 12.8. The SMILES string of the molecule is C=C1CCC(N2C(=O)c3ccc(N4CCNCC4)cc3C2=O)C(=O)N1. The summed E-state index contributed by atoms with van der Waals surface area (Å²) in [5.41, 5.74) is 2.32. The Labute approximate surface area is 145 Å². The van der Waals surface area contributed by atoms with Crippen molar-refractivity contribution in [2.75, 3.05) is 31.1 Å². The molecule has 1 atom stereocenters. The smallest absolute Gasteiger partial charge is 0.262 e. The molecule has 1 aromatic rings. The van der Waals surface area contributed by atoms with Crippen LogP contribution in [0.15, 0.2) is 30.5 Å². The Morgan fingerprint density at radius 3 is 2.48 bits per heavy atom. The first-order chi connectivity index (χ1) is 12.1. The molecule has 3 heterocycles. The number of anilines is 1. The zero-order chi connectivity index (χ0) is 17.6. The summed E-state index contributed by atoms with van der Waals surface area (Å²) in [6.45, 7) is 7.24. The van der Waals surface area contributed by atoms with E-state index in [0.29, 0.717) is 29.7 Å². The molecule has 0 spiro atoms. The molecule has 0 radical (unpaired) electrons. The zero-order valence-electron chi connectivity index (χ0n) is 13.9. The molecular weight excluding hydrogens is 320 g/mol. The Morgan fingerprint density at radius 2 is 1.76 bits per heavy atom. The van der Waals surface area contributed by atoms with Gasteiger partial charge < -0.3 is 15.5 Å². The number of imide groups is 1. The number of nitrogens with one attached hydrogen (secondary N) is 2. The van der Waals surface area contributed by atoms with Gasteiger partial charge in [-0.1, -0.05) is 6.58 Å². The number of amides is 3. The van der Waals surface area contributed by atoms with E-state index in [9.17, 15) is 14.4 Å². The average molecular weight is 340 g/mol. The summed E-state index contributed by atoms with van der Waals surface area (Å²) in [5, 5.41) is 5.93. The summed E-state index contributed by atoms with van der Waals surface area (Å²) in [4.78, 5) is 41.0. The number of benzene rings is 1. The summed E-state index contributed by atoms with van der Waals surface area (Å²) >= 11 is 0. The number of piperidine rings is 1. The zero-order valence-corrected chi connectivity index (χ0v) is 13.9. The summed E-state index contributed by atoms with van der Waals surface area (Å²) < 4.78 is 0. The minimum absolute atomic E-state index is 0.340. The van der Waals surface area contributed by atoms with Crippen LogP contribution in [-0.2, 0) is 4.79 Å². The van der Waals surface area contributed by atoms with Crippen molar-refractivity contribution in [2.45, 2.75) is 18.9 Å².